The maximum Gasteiger partial charge on any atom is 0.416 e. The molecule has 178 valence electrons. The molecule has 2 N–H and O–H groups in total. The maximum absolute atomic E-state index is 14.1. The van der Waals surface area contributed by atoms with Gasteiger partial charge in [-0.3, -0.25) is 14.4 Å². The van der Waals surface area contributed by atoms with Gasteiger partial charge in [-0.2, -0.15) is 13.2 Å². The smallest absolute Gasteiger partial charge is 0.350 e. The first-order chi connectivity index (χ1) is 16.6. The molecule has 1 heterocycles. The van der Waals surface area contributed by atoms with Gasteiger partial charge in [0, 0.05) is 16.9 Å². The number of carbonyl (C=O) groups excluding carboxylic acids is 3. The predicted octanol–water partition coefficient (Wildman–Crippen LogP) is 5.53. The van der Waals surface area contributed by atoms with E-state index in [1.807, 2.05) is 0 Å². The summed E-state index contributed by atoms with van der Waals surface area (Å²) in [6.45, 7) is 0. The Hall–Kier alpha value is -4.18. The topological polar surface area (TPSA) is 78.5 Å². The highest BCUT2D eigenvalue weighted by Gasteiger charge is 2.40. The fourth-order valence-corrected chi connectivity index (χ4v) is 3.53. The number of carbonyl (C=O) groups is 3. The molecule has 1 aliphatic heterocycles. The summed E-state index contributed by atoms with van der Waals surface area (Å²) in [7, 11) is 0. The number of alkyl halides is 3. The molecule has 0 saturated carbocycles. The van der Waals surface area contributed by atoms with E-state index in [1.54, 1.807) is 0 Å². The molecule has 0 aliphatic carbocycles. The molecule has 3 aromatic carbocycles. The number of nitrogens with one attached hydrogen (secondary N) is 2. The van der Waals surface area contributed by atoms with Crippen molar-refractivity contribution in [3.63, 3.8) is 0 Å². The minimum atomic E-state index is -4.57. The van der Waals surface area contributed by atoms with Gasteiger partial charge in [-0.15, -0.1) is 0 Å². The van der Waals surface area contributed by atoms with E-state index in [0.717, 1.165) is 24.3 Å². The van der Waals surface area contributed by atoms with Gasteiger partial charge in [0.05, 0.1) is 11.3 Å². The summed E-state index contributed by atoms with van der Waals surface area (Å²) in [4.78, 5) is 38.5. The monoisotopic (exact) mass is 503 g/mol. The minimum absolute atomic E-state index is 0.0480. The second kappa shape index (κ2) is 9.22. The lowest BCUT2D eigenvalue weighted by molar-refractivity contribution is -0.137. The number of hydrogen-bond donors (Lipinski definition) is 2. The molecule has 0 saturated heterocycles. The van der Waals surface area contributed by atoms with Crippen molar-refractivity contribution in [1.82, 2.24) is 0 Å². The Morgan fingerprint density at radius 1 is 0.857 bits per heavy atom. The van der Waals surface area contributed by atoms with Gasteiger partial charge in [0.25, 0.3) is 17.7 Å². The number of imide groups is 1. The van der Waals surface area contributed by atoms with Gasteiger partial charge in [-0.05, 0) is 48.5 Å². The van der Waals surface area contributed by atoms with Crippen LogP contribution in [0.1, 0.15) is 15.9 Å². The van der Waals surface area contributed by atoms with E-state index in [9.17, 15) is 31.9 Å². The largest absolute Gasteiger partial charge is 0.416 e. The SMILES string of the molecule is O=C(Nc1cccc(C(F)(F)F)c1)c1cccc(NC2=C(Cl)C(=O)N(c3ccccc3F)C2=O)c1. The third-order valence-electron chi connectivity index (χ3n) is 4.96. The fraction of sp³-hybridized carbons (Fsp3) is 0.0417. The second-order valence-electron chi connectivity index (χ2n) is 7.32. The van der Waals surface area contributed by atoms with Crippen LogP contribution in [0, 0.1) is 5.82 Å². The van der Waals surface area contributed by atoms with E-state index < -0.39 is 40.3 Å². The van der Waals surface area contributed by atoms with Crippen molar-refractivity contribution in [1.29, 1.82) is 0 Å². The lowest BCUT2D eigenvalue weighted by Gasteiger charge is -2.15. The van der Waals surface area contributed by atoms with E-state index >= 15 is 0 Å². The van der Waals surface area contributed by atoms with Crippen molar-refractivity contribution >= 4 is 46.4 Å². The van der Waals surface area contributed by atoms with E-state index in [1.165, 1.54) is 48.5 Å². The minimum Gasteiger partial charge on any atom is -0.350 e. The maximum atomic E-state index is 14.1. The number of rotatable bonds is 5. The summed E-state index contributed by atoms with van der Waals surface area (Å²) in [5.74, 6) is -3.34. The molecule has 4 rings (SSSR count). The number of anilines is 3. The van der Waals surface area contributed by atoms with Crippen LogP contribution >= 0.6 is 11.6 Å². The molecule has 0 atom stereocenters. The Morgan fingerprint density at radius 3 is 2.26 bits per heavy atom. The van der Waals surface area contributed by atoms with Gasteiger partial charge in [-0.25, -0.2) is 9.29 Å². The zero-order valence-corrected chi connectivity index (χ0v) is 18.2. The van der Waals surface area contributed by atoms with Crippen molar-refractivity contribution in [2.45, 2.75) is 6.18 Å². The van der Waals surface area contributed by atoms with E-state index in [0.29, 0.717) is 4.90 Å². The number of hydrogen-bond acceptors (Lipinski definition) is 4. The lowest BCUT2D eigenvalue weighted by atomic mass is 10.1. The summed E-state index contributed by atoms with van der Waals surface area (Å²) in [5.41, 5.74) is -1.34. The van der Waals surface area contributed by atoms with Gasteiger partial charge < -0.3 is 10.6 Å². The zero-order valence-electron chi connectivity index (χ0n) is 17.5. The highest BCUT2D eigenvalue weighted by molar-refractivity contribution is 6.53. The molecular weight excluding hydrogens is 490 g/mol. The number of benzene rings is 3. The van der Waals surface area contributed by atoms with Gasteiger partial charge in [-0.1, -0.05) is 35.9 Å². The Balaban J connectivity index is 1.54. The van der Waals surface area contributed by atoms with Crippen LogP contribution in [0.15, 0.2) is 83.5 Å². The number of halogens is 5. The number of para-hydroxylation sites is 1. The predicted molar refractivity (Wildman–Crippen MR) is 121 cm³/mol. The Bertz CT molecular complexity index is 1390. The van der Waals surface area contributed by atoms with Crippen LogP contribution in [0.25, 0.3) is 0 Å². The average Bonchev–Trinajstić information content (AvgIpc) is 3.02. The Labute approximate surface area is 200 Å². The van der Waals surface area contributed by atoms with Crippen molar-refractivity contribution in [2.24, 2.45) is 0 Å². The molecule has 6 nitrogen and oxygen atoms in total. The molecule has 1 aliphatic rings. The average molecular weight is 504 g/mol. The van der Waals surface area contributed by atoms with Crippen LogP contribution in [-0.4, -0.2) is 17.7 Å². The second-order valence-corrected chi connectivity index (χ2v) is 7.70. The Kier molecular flexibility index (Phi) is 6.31. The van der Waals surface area contributed by atoms with Crippen LogP contribution in [0.5, 0.6) is 0 Å². The van der Waals surface area contributed by atoms with Gasteiger partial charge in [0.15, 0.2) is 0 Å². The molecule has 35 heavy (non-hydrogen) atoms. The summed E-state index contributed by atoms with van der Waals surface area (Å²) in [6, 6.07) is 15.0. The third kappa shape index (κ3) is 4.87. The molecule has 0 aromatic heterocycles. The molecule has 0 unspecified atom stereocenters. The van der Waals surface area contributed by atoms with Gasteiger partial charge in [0.2, 0.25) is 0 Å². The van der Waals surface area contributed by atoms with E-state index in [-0.39, 0.29) is 28.3 Å². The first-order valence-corrected chi connectivity index (χ1v) is 10.3. The molecule has 0 fully saturated rings. The first kappa shape index (κ1) is 24.0. The van der Waals surface area contributed by atoms with Crippen LogP contribution in [0.4, 0.5) is 34.6 Å². The third-order valence-corrected chi connectivity index (χ3v) is 5.31. The Morgan fingerprint density at radius 2 is 1.54 bits per heavy atom. The zero-order chi connectivity index (χ0) is 25.3. The summed E-state index contributed by atoms with van der Waals surface area (Å²) < 4.78 is 52.9. The highest BCUT2D eigenvalue weighted by atomic mass is 35.5. The molecule has 0 spiro atoms. The normalized spacial score (nSPS) is 13.9. The van der Waals surface area contributed by atoms with E-state index in [4.69, 9.17) is 11.6 Å². The summed E-state index contributed by atoms with van der Waals surface area (Å²) in [5, 5.41) is 4.56. The number of amides is 3. The first-order valence-electron chi connectivity index (χ1n) is 9.95. The van der Waals surface area contributed by atoms with E-state index in [2.05, 4.69) is 10.6 Å². The van der Waals surface area contributed by atoms with Crippen LogP contribution in [-0.2, 0) is 15.8 Å². The van der Waals surface area contributed by atoms with Gasteiger partial charge >= 0.3 is 6.18 Å². The van der Waals surface area contributed by atoms with Crippen molar-refractivity contribution in [2.75, 3.05) is 15.5 Å². The highest BCUT2D eigenvalue weighted by Crippen LogP contribution is 2.32. The van der Waals surface area contributed by atoms with Crippen LogP contribution in [0.3, 0.4) is 0 Å². The molecule has 3 aromatic rings. The molecular formula is C24H14ClF4N3O3. The van der Waals surface area contributed by atoms with Gasteiger partial charge in [0.1, 0.15) is 16.5 Å². The quantitative estimate of drug-likeness (QED) is 0.354. The standard InChI is InChI=1S/C24H14ClF4N3O3/c25-19-20(23(35)32(22(19)34)18-10-2-1-9-17(18)26)30-15-7-3-5-13(11-15)21(33)31-16-8-4-6-14(12-16)24(27,28)29/h1-12,30H,(H,31,33). The molecule has 0 bridgehead atoms. The molecule has 3 amide bonds. The number of nitrogens with zero attached hydrogens (tertiary/aromatic N) is 1. The van der Waals surface area contributed by atoms with Crippen LogP contribution in [0.2, 0.25) is 0 Å². The summed E-state index contributed by atoms with van der Waals surface area (Å²) in [6.07, 6.45) is -4.57. The fourth-order valence-electron chi connectivity index (χ4n) is 3.32. The van der Waals surface area contributed by atoms with Crippen LogP contribution < -0.4 is 15.5 Å². The van der Waals surface area contributed by atoms with Crippen molar-refractivity contribution in [3.8, 4) is 0 Å². The van der Waals surface area contributed by atoms with Crippen molar-refractivity contribution in [3.05, 3.63) is 100 Å². The van der Waals surface area contributed by atoms with Crippen molar-refractivity contribution < 1.29 is 31.9 Å². The summed E-state index contributed by atoms with van der Waals surface area (Å²) >= 11 is 6.04. The lowest BCUT2D eigenvalue weighted by Crippen LogP contribution is -2.33. The molecule has 11 heteroatoms. The molecule has 0 radical (unpaired) electrons.